The summed E-state index contributed by atoms with van der Waals surface area (Å²) in [4.78, 5) is 37.0. The molecule has 41 heavy (non-hydrogen) atoms. The monoisotopic (exact) mass is 565 g/mol. The molecule has 5 rings (SSSR count). The zero-order valence-corrected chi connectivity index (χ0v) is 23.6. The van der Waals surface area contributed by atoms with Gasteiger partial charge in [-0.2, -0.15) is 0 Å². The van der Waals surface area contributed by atoms with Crippen molar-refractivity contribution in [1.82, 2.24) is 9.97 Å². The van der Waals surface area contributed by atoms with E-state index in [0.717, 1.165) is 79.4 Å². The van der Waals surface area contributed by atoms with Crippen LogP contribution in [0.2, 0.25) is 0 Å². The number of esters is 1. The van der Waals surface area contributed by atoms with Gasteiger partial charge in [-0.3, -0.25) is 14.6 Å². The number of pyridine rings is 2. The Morgan fingerprint density at radius 2 is 1.78 bits per heavy atom. The van der Waals surface area contributed by atoms with Crippen molar-refractivity contribution in [3.8, 4) is 11.3 Å². The summed E-state index contributed by atoms with van der Waals surface area (Å²) in [6, 6.07) is 5.46. The molecule has 1 saturated heterocycles. The number of halogens is 3. The van der Waals surface area contributed by atoms with Gasteiger partial charge in [0.15, 0.2) is 5.78 Å². The molecule has 0 unspecified atom stereocenters. The number of hydrogen-bond acceptors (Lipinski definition) is 6. The maximum absolute atomic E-state index is 14.6. The predicted molar refractivity (Wildman–Crippen MR) is 149 cm³/mol. The van der Waals surface area contributed by atoms with Crippen molar-refractivity contribution in [2.24, 2.45) is 5.92 Å². The molecule has 1 aliphatic carbocycles. The molecule has 3 heterocycles. The van der Waals surface area contributed by atoms with Gasteiger partial charge in [-0.05, 0) is 88.6 Å². The van der Waals surface area contributed by atoms with E-state index in [1.165, 1.54) is 12.1 Å². The largest absolute Gasteiger partial charge is 0.460 e. The van der Waals surface area contributed by atoms with Crippen molar-refractivity contribution >= 4 is 17.4 Å². The lowest BCUT2D eigenvalue weighted by atomic mass is 9.92. The molecule has 1 atom stereocenters. The van der Waals surface area contributed by atoms with E-state index >= 15 is 0 Å². The molecule has 1 fully saturated rings. The molecule has 0 spiro atoms. The normalized spacial score (nSPS) is 16.9. The first-order chi connectivity index (χ1) is 19.5. The third-order valence-corrected chi connectivity index (χ3v) is 7.55. The molecule has 0 N–H and O–H groups in total. The first-order valence-electron chi connectivity index (χ1n) is 14.1. The third kappa shape index (κ3) is 6.44. The highest BCUT2D eigenvalue weighted by atomic mass is 19.1. The summed E-state index contributed by atoms with van der Waals surface area (Å²) in [7, 11) is 0. The van der Waals surface area contributed by atoms with Crippen molar-refractivity contribution in [1.29, 1.82) is 0 Å². The van der Waals surface area contributed by atoms with Crippen LogP contribution in [0.3, 0.4) is 0 Å². The van der Waals surface area contributed by atoms with Crippen LogP contribution in [0, 0.1) is 23.4 Å². The van der Waals surface area contributed by atoms with E-state index in [-0.39, 0.29) is 24.0 Å². The average molecular weight is 566 g/mol. The number of fused-ring (bicyclic) bond motifs is 1. The summed E-state index contributed by atoms with van der Waals surface area (Å²) in [6.07, 6.45) is 6.47. The number of piperidine rings is 1. The fraction of sp³-hybridized carbons (Fsp3) is 0.438. The van der Waals surface area contributed by atoms with Gasteiger partial charge in [0, 0.05) is 42.7 Å². The van der Waals surface area contributed by atoms with E-state index in [2.05, 4.69) is 14.9 Å². The van der Waals surface area contributed by atoms with Crippen LogP contribution in [-0.4, -0.2) is 40.4 Å². The topological polar surface area (TPSA) is 72.4 Å². The zero-order chi connectivity index (χ0) is 29.3. The molecule has 1 aliphatic heterocycles. The number of carbonyl (C=O) groups excluding carboxylic acids is 2. The number of Topliss-reactive ketones (excluding diaryl/α,β-unsaturated/α-hetero) is 1. The number of anilines is 1. The summed E-state index contributed by atoms with van der Waals surface area (Å²) in [5.41, 5.74) is 2.05. The standard InChI is InChI=1S/C32H34F3N3O3/c1-32(2,3)41-28(40)15-19-7-6-14-38(18-19)31-20(17-36-25-11-4-8-21(25)31)16-27(39)26-13-12-24(35)30(37-26)29-22(33)9-5-10-23(29)34/h5,9-10,12-13,17,19H,4,6-8,11,14-16,18H2,1-3H3/t19-/m1/s1. The van der Waals surface area contributed by atoms with Crippen LogP contribution in [0.5, 0.6) is 0 Å². The molecule has 2 aromatic heterocycles. The number of aryl methyl sites for hydroxylation is 1. The summed E-state index contributed by atoms with van der Waals surface area (Å²) in [5, 5.41) is 0. The van der Waals surface area contributed by atoms with E-state index in [9.17, 15) is 22.8 Å². The van der Waals surface area contributed by atoms with Gasteiger partial charge in [0.05, 0.1) is 12.0 Å². The van der Waals surface area contributed by atoms with Crippen LogP contribution in [0.1, 0.15) is 73.8 Å². The highest BCUT2D eigenvalue weighted by Gasteiger charge is 2.30. The minimum atomic E-state index is -0.961. The number of ether oxygens (including phenoxy) is 1. The quantitative estimate of drug-likeness (QED) is 0.243. The predicted octanol–water partition coefficient (Wildman–Crippen LogP) is 6.42. The Morgan fingerprint density at radius 1 is 1.02 bits per heavy atom. The van der Waals surface area contributed by atoms with E-state index in [4.69, 9.17) is 4.74 Å². The van der Waals surface area contributed by atoms with E-state index < -0.39 is 40.1 Å². The summed E-state index contributed by atoms with van der Waals surface area (Å²) >= 11 is 0. The number of rotatable bonds is 7. The Hall–Kier alpha value is -3.75. The van der Waals surface area contributed by atoms with E-state index in [1.54, 1.807) is 6.20 Å². The maximum Gasteiger partial charge on any atom is 0.306 e. The van der Waals surface area contributed by atoms with Gasteiger partial charge in [0.25, 0.3) is 0 Å². The zero-order valence-electron chi connectivity index (χ0n) is 23.6. The molecule has 0 bridgehead atoms. The lowest BCUT2D eigenvalue weighted by Crippen LogP contribution is -2.38. The number of aromatic nitrogens is 2. The number of carbonyl (C=O) groups is 2. The Labute approximate surface area is 238 Å². The smallest absolute Gasteiger partial charge is 0.306 e. The summed E-state index contributed by atoms with van der Waals surface area (Å²) in [5.74, 6) is -3.36. The lowest BCUT2D eigenvalue weighted by molar-refractivity contribution is -0.156. The van der Waals surface area contributed by atoms with Crippen molar-refractivity contribution in [2.75, 3.05) is 18.0 Å². The Kier molecular flexibility index (Phi) is 8.16. The van der Waals surface area contributed by atoms with E-state index in [0.29, 0.717) is 13.0 Å². The second kappa shape index (κ2) is 11.6. The van der Waals surface area contributed by atoms with Gasteiger partial charge in [0.1, 0.15) is 34.4 Å². The van der Waals surface area contributed by atoms with Crippen LogP contribution in [0.4, 0.5) is 18.9 Å². The fourth-order valence-electron chi connectivity index (χ4n) is 5.87. The summed E-state index contributed by atoms with van der Waals surface area (Å²) in [6.45, 7) is 7.00. The average Bonchev–Trinajstić information content (AvgIpc) is 3.37. The molecule has 216 valence electrons. The Morgan fingerprint density at radius 3 is 2.51 bits per heavy atom. The minimum Gasteiger partial charge on any atom is -0.460 e. The molecule has 0 saturated carbocycles. The maximum atomic E-state index is 14.6. The van der Waals surface area contributed by atoms with Crippen molar-refractivity contribution in [3.05, 3.63) is 76.5 Å². The fourth-order valence-corrected chi connectivity index (χ4v) is 5.87. The molecular formula is C32H34F3N3O3. The van der Waals surface area contributed by atoms with Gasteiger partial charge >= 0.3 is 5.97 Å². The van der Waals surface area contributed by atoms with Crippen LogP contribution in [0.25, 0.3) is 11.3 Å². The van der Waals surface area contributed by atoms with Crippen LogP contribution in [0.15, 0.2) is 36.5 Å². The van der Waals surface area contributed by atoms with Crippen LogP contribution >= 0.6 is 0 Å². The van der Waals surface area contributed by atoms with Crippen LogP contribution < -0.4 is 4.90 Å². The summed E-state index contributed by atoms with van der Waals surface area (Å²) < 4.78 is 49.0. The number of benzene rings is 1. The molecule has 0 amide bonds. The molecular weight excluding hydrogens is 531 g/mol. The van der Waals surface area contributed by atoms with E-state index in [1.807, 2.05) is 20.8 Å². The molecule has 1 aromatic carbocycles. The van der Waals surface area contributed by atoms with Crippen molar-refractivity contribution in [2.45, 2.75) is 71.3 Å². The van der Waals surface area contributed by atoms with Gasteiger partial charge in [-0.25, -0.2) is 18.2 Å². The van der Waals surface area contributed by atoms with Crippen LogP contribution in [-0.2, 0) is 28.8 Å². The van der Waals surface area contributed by atoms with Crippen molar-refractivity contribution < 1.29 is 27.5 Å². The van der Waals surface area contributed by atoms with Gasteiger partial charge < -0.3 is 9.64 Å². The molecule has 2 aliphatic rings. The van der Waals surface area contributed by atoms with Gasteiger partial charge in [0.2, 0.25) is 0 Å². The highest BCUT2D eigenvalue weighted by Crippen LogP contribution is 2.37. The second-order valence-electron chi connectivity index (χ2n) is 11.9. The molecule has 0 radical (unpaired) electrons. The first kappa shape index (κ1) is 28.8. The minimum absolute atomic E-state index is 0.0549. The SMILES string of the molecule is CC(C)(C)OC(=O)C[C@H]1CCCN(c2c(CC(=O)c3ccc(F)c(-c4c(F)cccc4F)n3)cnc3c2CCC3)C1. The number of ketones is 1. The molecule has 3 aromatic rings. The second-order valence-corrected chi connectivity index (χ2v) is 11.9. The third-order valence-electron chi connectivity index (χ3n) is 7.55. The molecule has 6 nitrogen and oxygen atoms in total. The van der Waals surface area contributed by atoms with Crippen molar-refractivity contribution in [3.63, 3.8) is 0 Å². The van der Waals surface area contributed by atoms with Gasteiger partial charge in [-0.1, -0.05) is 6.07 Å². The van der Waals surface area contributed by atoms with Gasteiger partial charge in [-0.15, -0.1) is 0 Å². The highest BCUT2D eigenvalue weighted by molar-refractivity contribution is 5.97. The lowest BCUT2D eigenvalue weighted by Gasteiger charge is -2.36. The number of hydrogen-bond donors (Lipinski definition) is 0. The Balaban J connectivity index is 1.42. The first-order valence-corrected chi connectivity index (χ1v) is 14.1. The number of nitrogens with zero attached hydrogens (tertiary/aromatic N) is 3. The Bertz CT molecular complexity index is 1460. The molecule has 9 heteroatoms.